The molecule has 0 spiro atoms. The van der Waals surface area contributed by atoms with Crippen molar-refractivity contribution >= 4 is 11.9 Å². The van der Waals surface area contributed by atoms with Crippen LogP contribution in [-0.4, -0.2) is 51.6 Å². The monoisotopic (exact) mass is 374 g/mol. The minimum Gasteiger partial charge on any atom is -0.463 e. The Bertz CT molecular complexity index is 354. The van der Waals surface area contributed by atoms with Gasteiger partial charge in [-0.25, -0.2) is 0 Å². The van der Waals surface area contributed by atoms with E-state index in [1.165, 1.54) is 0 Å². The fourth-order valence-electron chi connectivity index (χ4n) is 1.87. The molecule has 0 saturated heterocycles. The fraction of sp³-hybridized carbons (Fsp3) is 0.900. The highest BCUT2D eigenvalue weighted by Gasteiger charge is 2.11. The lowest BCUT2D eigenvalue weighted by Gasteiger charge is -2.17. The second kappa shape index (κ2) is 13.1. The molecule has 0 N–H and O–H groups in total. The van der Waals surface area contributed by atoms with E-state index in [-0.39, 0.29) is 36.0 Å². The SMILES string of the molecule is CC(C)(C)COCCOC(=O)CCCCC(=O)OCCOCC(C)(C)C. The molecule has 0 bridgehead atoms. The van der Waals surface area contributed by atoms with Crippen molar-refractivity contribution in [3.05, 3.63) is 0 Å². The fourth-order valence-corrected chi connectivity index (χ4v) is 1.87. The van der Waals surface area contributed by atoms with Gasteiger partial charge < -0.3 is 18.9 Å². The van der Waals surface area contributed by atoms with Crippen molar-refractivity contribution in [2.75, 3.05) is 39.6 Å². The summed E-state index contributed by atoms with van der Waals surface area (Å²) in [4.78, 5) is 23.1. The van der Waals surface area contributed by atoms with Gasteiger partial charge in [0.1, 0.15) is 13.2 Å². The van der Waals surface area contributed by atoms with Gasteiger partial charge in [0.15, 0.2) is 0 Å². The lowest BCUT2D eigenvalue weighted by molar-refractivity contribution is -0.147. The number of rotatable bonds is 13. The van der Waals surface area contributed by atoms with E-state index in [1.54, 1.807) is 0 Å². The average molecular weight is 375 g/mol. The third kappa shape index (κ3) is 19.2. The lowest BCUT2D eigenvalue weighted by Crippen LogP contribution is -2.18. The number of hydrogen-bond donors (Lipinski definition) is 0. The first-order valence-electron chi connectivity index (χ1n) is 9.46. The van der Waals surface area contributed by atoms with Gasteiger partial charge in [-0.1, -0.05) is 41.5 Å². The van der Waals surface area contributed by atoms with Crippen molar-refractivity contribution in [3.8, 4) is 0 Å². The number of ether oxygens (including phenoxy) is 4. The first kappa shape index (κ1) is 24.9. The van der Waals surface area contributed by atoms with Gasteiger partial charge in [0, 0.05) is 12.8 Å². The maximum absolute atomic E-state index is 11.6. The first-order chi connectivity index (χ1) is 12.0. The third-order valence-electron chi connectivity index (χ3n) is 3.06. The summed E-state index contributed by atoms with van der Waals surface area (Å²) >= 11 is 0. The summed E-state index contributed by atoms with van der Waals surface area (Å²) < 4.78 is 21.0. The molecule has 0 fully saturated rings. The van der Waals surface area contributed by atoms with Crippen LogP contribution in [0.15, 0.2) is 0 Å². The molecule has 0 aliphatic heterocycles. The molecule has 0 unspecified atom stereocenters. The van der Waals surface area contributed by atoms with Crippen LogP contribution in [0.3, 0.4) is 0 Å². The van der Waals surface area contributed by atoms with Crippen molar-refractivity contribution in [1.29, 1.82) is 0 Å². The van der Waals surface area contributed by atoms with Crippen LogP contribution in [0, 0.1) is 10.8 Å². The molecule has 0 aliphatic carbocycles. The van der Waals surface area contributed by atoms with Crippen LogP contribution >= 0.6 is 0 Å². The van der Waals surface area contributed by atoms with Gasteiger partial charge in [-0.3, -0.25) is 9.59 Å². The quantitative estimate of drug-likeness (QED) is 0.361. The Morgan fingerprint density at radius 2 is 0.962 bits per heavy atom. The van der Waals surface area contributed by atoms with Gasteiger partial charge >= 0.3 is 11.9 Å². The number of hydrogen-bond acceptors (Lipinski definition) is 6. The van der Waals surface area contributed by atoms with E-state index >= 15 is 0 Å². The highest BCUT2D eigenvalue weighted by Crippen LogP contribution is 2.13. The van der Waals surface area contributed by atoms with Gasteiger partial charge in [0.2, 0.25) is 0 Å². The normalized spacial score (nSPS) is 12.1. The molecule has 0 rings (SSSR count). The molecule has 0 aliphatic rings. The topological polar surface area (TPSA) is 71.1 Å². The number of esters is 2. The molecular formula is C20H38O6. The molecule has 6 nitrogen and oxygen atoms in total. The second-order valence-electron chi connectivity index (χ2n) is 8.87. The molecule has 0 aromatic rings. The highest BCUT2D eigenvalue weighted by atomic mass is 16.6. The van der Waals surface area contributed by atoms with Crippen LogP contribution in [0.25, 0.3) is 0 Å². The van der Waals surface area contributed by atoms with E-state index in [0.717, 1.165) is 0 Å². The van der Waals surface area contributed by atoms with Crippen molar-refractivity contribution < 1.29 is 28.5 Å². The second-order valence-corrected chi connectivity index (χ2v) is 8.87. The van der Waals surface area contributed by atoms with E-state index in [2.05, 4.69) is 41.5 Å². The number of unbranched alkanes of at least 4 members (excludes halogenated alkanes) is 1. The third-order valence-corrected chi connectivity index (χ3v) is 3.06. The van der Waals surface area contributed by atoms with Crippen molar-refractivity contribution in [3.63, 3.8) is 0 Å². The van der Waals surface area contributed by atoms with E-state index in [9.17, 15) is 9.59 Å². The zero-order valence-corrected chi connectivity index (χ0v) is 17.5. The summed E-state index contributed by atoms with van der Waals surface area (Å²) in [5.41, 5.74) is 0.217. The molecule has 0 heterocycles. The highest BCUT2D eigenvalue weighted by molar-refractivity contribution is 5.70. The van der Waals surface area contributed by atoms with E-state index < -0.39 is 0 Å². The van der Waals surface area contributed by atoms with Crippen LogP contribution in [0.4, 0.5) is 0 Å². The largest absolute Gasteiger partial charge is 0.463 e. The smallest absolute Gasteiger partial charge is 0.305 e. The summed E-state index contributed by atoms with van der Waals surface area (Å²) in [5, 5.41) is 0. The summed E-state index contributed by atoms with van der Waals surface area (Å²) in [6, 6.07) is 0. The summed E-state index contributed by atoms with van der Waals surface area (Å²) in [6.45, 7) is 15.1. The van der Waals surface area contributed by atoms with Gasteiger partial charge in [-0.15, -0.1) is 0 Å². The molecule has 0 aromatic carbocycles. The van der Waals surface area contributed by atoms with Crippen molar-refractivity contribution in [2.45, 2.75) is 67.2 Å². The summed E-state index contributed by atoms with van der Waals surface area (Å²) in [7, 11) is 0. The molecule has 0 radical (unpaired) electrons. The van der Waals surface area contributed by atoms with Gasteiger partial charge in [-0.2, -0.15) is 0 Å². The molecule has 154 valence electrons. The average Bonchev–Trinajstić information content (AvgIpc) is 2.48. The standard InChI is InChI=1S/C20H38O6/c1-19(2,3)15-23-11-13-25-17(21)9-7-8-10-18(22)26-14-12-24-16-20(4,5)6/h7-16H2,1-6H3. The Hall–Kier alpha value is -1.14. The van der Waals surface area contributed by atoms with Crippen LogP contribution in [0.2, 0.25) is 0 Å². The van der Waals surface area contributed by atoms with Crippen LogP contribution in [0.5, 0.6) is 0 Å². The van der Waals surface area contributed by atoms with Crippen LogP contribution in [-0.2, 0) is 28.5 Å². The summed E-state index contributed by atoms with van der Waals surface area (Å²) in [6.07, 6.45) is 1.83. The van der Waals surface area contributed by atoms with Crippen molar-refractivity contribution in [2.24, 2.45) is 10.8 Å². The molecule has 6 heteroatoms. The number of carbonyl (C=O) groups is 2. The Morgan fingerprint density at radius 1 is 0.615 bits per heavy atom. The zero-order chi connectivity index (χ0) is 20.1. The molecule has 0 amide bonds. The zero-order valence-electron chi connectivity index (χ0n) is 17.5. The van der Waals surface area contributed by atoms with Gasteiger partial charge in [0.25, 0.3) is 0 Å². The van der Waals surface area contributed by atoms with Crippen molar-refractivity contribution in [1.82, 2.24) is 0 Å². The number of carbonyl (C=O) groups excluding carboxylic acids is 2. The lowest BCUT2D eigenvalue weighted by atomic mass is 9.99. The first-order valence-corrected chi connectivity index (χ1v) is 9.46. The van der Waals surface area contributed by atoms with Crippen LogP contribution < -0.4 is 0 Å². The Kier molecular flexibility index (Phi) is 12.5. The minimum atomic E-state index is -0.256. The van der Waals surface area contributed by atoms with Gasteiger partial charge in [0.05, 0.1) is 26.4 Å². The maximum Gasteiger partial charge on any atom is 0.305 e. The molecular weight excluding hydrogens is 336 g/mol. The van der Waals surface area contributed by atoms with E-state index in [4.69, 9.17) is 18.9 Å². The Balaban J connectivity index is 3.47. The van der Waals surface area contributed by atoms with Crippen LogP contribution in [0.1, 0.15) is 67.2 Å². The Morgan fingerprint density at radius 3 is 1.27 bits per heavy atom. The minimum absolute atomic E-state index is 0.108. The van der Waals surface area contributed by atoms with Gasteiger partial charge in [-0.05, 0) is 23.7 Å². The predicted octanol–water partition coefficient (Wildman–Crippen LogP) is 3.76. The maximum atomic E-state index is 11.6. The molecule has 26 heavy (non-hydrogen) atoms. The molecule has 0 saturated carbocycles. The van der Waals surface area contributed by atoms with E-state index in [1.807, 2.05) is 0 Å². The summed E-state index contributed by atoms with van der Waals surface area (Å²) in [5.74, 6) is -0.512. The Labute approximate surface area is 158 Å². The molecule has 0 atom stereocenters. The van der Waals surface area contributed by atoms with E-state index in [0.29, 0.717) is 52.1 Å². The predicted molar refractivity (Wildman–Crippen MR) is 101 cm³/mol. The molecule has 0 aromatic heterocycles.